The van der Waals surface area contributed by atoms with Crippen molar-refractivity contribution in [2.24, 2.45) is 0 Å². The van der Waals surface area contributed by atoms with Crippen molar-refractivity contribution < 1.29 is 9.53 Å². The topological polar surface area (TPSA) is 51.2 Å². The number of carbonyl (C=O) groups is 1. The third-order valence-corrected chi connectivity index (χ3v) is 5.18. The smallest absolute Gasteiger partial charge is 0.256 e. The molecule has 144 valence electrons. The van der Waals surface area contributed by atoms with Crippen molar-refractivity contribution in [2.45, 2.75) is 6.92 Å². The number of nitrogens with one attached hydrogen (secondary N) is 1. The standard InChI is InChI=1S/C24H19ClN2O2/c1-15-7-10-17(13-21(15)25)26-24(28)20-14-23(16-8-11-18(29-2)12-9-16)27-22-6-4-3-5-19(20)22/h3-14H,1-2H3,(H,26,28). The molecular formula is C24H19ClN2O2. The van der Waals surface area contributed by atoms with Gasteiger partial charge in [0.05, 0.1) is 23.9 Å². The Morgan fingerprint density at radius 3 is 2.48 bits per heavy atom. The van der Waals surface area contributed by atoms with Crippen molar-refractivity contribution in [3.05, 3.63) is 88.9 Å². The number of carbonyl (C=O) groups excluding carboxylic acids is 1. The van der Waals surface area contributed by atoms with Crippen molar-refractivity contribution in [1.82, 2.24) is 4.98 Å². The molecule has 4 aromatic rings. The number of rotatable bonds is 4. The van der Waals surface area contributed by atoms with E-state index in [-0.39, 0.29) is 5.91 Å². The third-order valence-electron chi connectivity index (χ3n) is 4.78. The predicted molar refractivity (Wildman–Crippen MR) is 118 cm³/mol. The first-order valence-electron chi connectivity index (χ1n) is 9.17. The number of ether oxygens (including phenoxy) is 1. The molecule has 29 heavy (non-hydrogen) atoms. The minimum Gasteiger partial charge on any atom is -0.497 e. The molecule has 0 spiro atoms. The molecule has 0 aliphatic carbocycles. The summed E-state index contributed by atoms with van der Waals surface area (Å²) in [6.07, 6.45) is 0. The minimum atomic E-state index is -0.210. The molecule has 0 aliphatic heterocycles. The zero-order chi connectivity index (χ0) is 20.4. The number of aryl methyl sites for hydroxylation is 1. The number of amides is 1. The molecule has 0 unspecified atom stereocenters. The fourth-order valence-electron chi connectivity index (χ4n) is 3.14. The van der Waals surface area contributed by atoms with Crippen LogP contribution >= 0.6 is 11.6 Å². The van der Waals surface area contributed by atoms with Crippen molar-refractivity contribution in [3.63, 3.8) is 0 Å². The largest absolute Gasteiger partial charge is 0.497 e. The van der Waals surface area contributed by atoms with Gasteiger partial charge in [0.1, 0.15) is 5.75 Å². The first-order chi connectivity index (χ1) is 14.0. The number of hydrogen-bond donors (Lipinski definition) is 1. The maximum Gasteiger partial charge on any atom is 0.256 e. The Bertz CT molecular complexity index is 1200. The van der Waals surface area contributed by atoms with Crippen molar-refractivity contribution >= 4 is 34.1 Å². The molecule has 4 nitrogen and oxygen atoms in total. The van der Waals surface area contributed by atoms with Crippen LogP contribution in [0.3, 0.4) is 0 Å². The van der Waals surface area contributed by atoms with Crippen molar-refractivity contribution in [3.8, 4) is 17.0 Å². The van der Waals surface area contributed by atoms with E-state index in [1.54, 1.807) is 13.2 Å². The number of methoxy groups -OCH3 is 1. The van der Waals surface area contributed by atoms with E-state index in [9.17, 15) is 4.79 Å². The summed E-state index contributed by atoms with van der Waals surface area (Å²) in [5, 5.41) is 4.35. The Morgan fingerprint density at radius 2 is 1.76 bits per heavy atom. The second kappa shape index (κ2) is 7.94. The van der Waals surface area contributed by atoms with E-state index in [4.69, 9.17) is 21.3 Å². The lowest BCUT2D eigenvalue weighted by molar-refractivity contribution is 0.102. The average molecular weight is 403 g/mol. The summed E-state index contributed by atoms with van der Waals surface area (Å²) in [5.74, 6) is 0.557. The fraction of sp³-hybridized carbons (Fsp3) is 0.0833. The second-order valence-corrected chi connectivity index (χ2v) is 7.13. The second-order valence-electron chi connectivity index (χ2n) is 6.72. The van der Waals surface area contributed by atoms with Gasteiger partial charge >= 0.3 is 0 Å². The van der Waals surface area contributed by atoms with E-state index in [2.05, 4.69) is 5.32 Å². The lowest BCUT2D eigenvalue weighted by Gasteiger charge is -2.11. The molecule has 1 amide bonds. The van der Waals surface area contributed by atoms with E-state index in [1.165, 1.54) is 0 Å². The molecule has 1 N–H and O–H groups in total. The number of nitrogens with zero attached hydrogens (tertiary/aromatic N) is 1. The summed E-state index contributed by atoms with van der Waals surface area (Å²) >= 11 is 6.20. The summed E-state index contributed by atoms with van der Waals surface area (Å²) in [5.41, 5.74) is 4.55. The Morgan fingerprint density at radius 1 is 1.00 bits per heavy atom. The first-order valence-corrected chi connectivity index (χ1v) is 9.54. The molecule has 4 rings (SSSR count). The molecule has 0 fully saturated rings. The van der Waals surface area contributed by atoms with Crippen LogP contribution in [0.5, 0.6) is 5.75 Å². The van der Waals surface area contributed by atoms with Crippen LogP contribution in [-0.4, -0.2) is 18.0 Å². The summed E-state index contributed by atoms with van der Waals surface area (Å²) in [7, 11) is 1.63. The lowest BCUT2D eigenvalue weighted by atomic mass is 10.0. The zero-order valence-corrected chi connectivity index (χ0v) is 16.8. The van der Waals surface area contributed by atoms with Crippen LogP contribution in [0.15, 0.2) is 72.8 Å². The fourth-order valence-corrected chi connectivity index (χ4v) is 3.32. The number of hydrogen-bond acceptors (Lipinski definition) is 3. The summed E-state index contributed by atoms with van der Waals surface area (Å²) in [6, 6.07) is 22.5. The SMILES string of the molecule is COc1ccc(-c2cc(C(=O)Nc3ccc(C)c(Cl)c3)c3ccccc3n2)cc1. The van der Waals surface area contributed by atoms with Gasteiger partial charge < -0.3 is 10.1 Å². The van der Waals surface area contributed by atoms with Gasteiger partial charge in [-0.25, -0.2) is 4.98 Å². The van der Waals surface area contributed by atoms with Crippen molar-refractivity contribution in [2.75, 3.05) is 12.4 Å². The molecule has 5 heteroatoms. The number of pyridine rings is 1. The van der Waals surface area contributed by atoms with Crippen LogP contribution in [0.2, 0.25) is 5.02 Å². The van der Waals surface area contributed by atoms with Gasteiger partial charge in [-0.3, -0.25) is 4.79 Å². The van der Waals surface area contributed by atoms with Gasteiger partial charge in [0, 0.05) is 21.7 Å². The minimum absolute atomic E-state index is 0.210. The number of aromatic nitrogens is 1. The molecule has 0 saturated heterocycles. The average Bonchev–Trinajstić information content (AvgIpc) is 2.75. The highest BCUT2D eigenvalue weighted by molar-refractivity contribution is 6.31. The third kappa shape index (κ3) is 3.93. The molecule has 3 aromatic carbocycles. The van der Waals surface area contributed by atoms with Gasteiger partial charge in [0.2, 0.25) is 0 Å². The van der Waals surface area contributed by atoms with Crippen LogP contribution in [-0.2, 0) is 0 Å². The Balaban J connectivity index is 1.77. The number of halogens is 1. The van der Waals surface area contributed by atoms with Gasteiger partial charge in [-0.1, -0.05) is 35.9 Å². The van der Waals surface area contributed by atoms with Crippen LogP contribution in [0, 0.1) is 6.92 Å². The van der Waals surface area contributed by atoms with Crippen LogP contribution in [0.4, 0.5) is 5.69 Å². The molecule has 0 radical (unpaired) electrons. The summed E-state index contributed by atoms with van der Waals surface area (Å²) in [4.78, 5) is 17.8. The normalized spacial score (nSPS) is 10.7. The maximum atomic E-state index is 13.1. The highest BCUT2D eigenvalue weighted by Gasteiger charge is 2.14. The monoisotopic (exact) mass is 402 g/mol. The predicted octanol–water partition coefficient (Wildman–Crippen LogP) is 6.12. The quantitative estimate of drug-likeness (QED) is 0.447. The number of fused-ring (bicyclic) bond motifs is 1. The maximum absolute atomic E-state index is 13.1. The van der Waals surface area contributed by atoms with Crippen LogP contribution in [0.1, 0.15) is 15.9 Å². The molecule has 1 aromatic heterocycles. The van der Waals surface area contributed by atoms with Crippen LogP contribution < -0.4 is 10.1 Å². The lowest BCUT2D eigenvalue weighted by Crippen LogP contribution is -2.13. The highest BCUT2D eigenvalue weighted by atomic mass is 35.5. The molecular weight excluding hydrogens is 384 g/mol. The first kappa shape index (κ1) is 19.0. The van der Waals surface area contributed by atoms with E-state index in [1.807, 2.05) is 73.7 Å². The van der Waals surface area contributed by atoms with Gasteiger partial charge in [-0.2, -0.15) is 0 Å². The highest BCUT2D eigenvalue weighted by Crippen LogP contribution is 2.27. The number of para-hydroxylation sites is 1. The van der Waals surface area contributed by atoms with E-state index in [0.717, 1.165) is 33.5 Å². The summed E-state index contributed by atoms with van der Waals surface area (Å²) in [6.45, 7) is 1.92. The zero-order valence-electron chi connectivity index (χ0n) is 16.1. The van der Waals surface area contributed by atoms with E-state index in [0.29, 0.717) is 16.3 Å². The van der Waals surface area contributed by atoms with Gasteiger partial charge in [0.25, 0.3) is 5.91 Å². The molecule has 0 atom stereocenters. The van der Waals surface area contributed by atoms with Crippen LogP contribution in [0.25, 0.3) is 22.2 Å². The number of benzene rings is 3. The Labute approximate surface area is 174 Å². The van der Waals surface area contributed by atoms with Gasteiger partial charge in [0.15, 0.2) is 0 Å². The molecule has 0 bridgehead atoms. The molecule has 0 saturated carbocycles. The summed E-state index contributed by atoms with van der Waals surface area (Å²) < 4.78 is 5.23. The molecule has 1 heterocycles. The Kier molecular flexibility index (Phi) is 5.19. The van der Waals surface area contributed by atoms with E-state index < -0.39 is 0 Å². The number of anilines is 1. The Hall–Kier alpha value is -3.37. The van der Waals surface area contributed by atoms with Gasteiger partial charge in [-0.15, -0.1) is 0 Å². The van der Waals surface area contributed by atoms with Gasteiger partial charge in [-0.05, 0) is 61.0 Å². The van der Waals surface area contributed by atoms with Crippen molar-refractivity contribution in [1.29, 1.82) is 0 Å². The molecule has 0 aliphatic rings. The van der Waals surface area contributed by atoms with E-state index >= 15 is 0 Å².